The van der Waals surface area contributed by atoms with E-state index in [9.17, 15) is 5.11 Å². The molecule has 0 radical (unpaired) electrons. The molecule has 0 aromatic carbocycles. The van der Waals surface area contributed by atoms with Crippen molar-refractivity contribution in [2.75, 3.05) is 33.7 Å². The van der Waals surface area contributed by atoms with Crippen LogP contribution in [-0.4, -0.2) is 49.8 Å². The summed E-state index contributed by atoms with van der Waals surface area (Å²) in [4.78, 5) is 2.46. The molecular weight excluding hydrogens is 212 g/mol. The van der Waals surface area contributed by atoms with Crippen molar-refractivity contribution in [2.45, 2.75) is 45.6 Å². The Hall–Kier alpha value is -0.120. The van der Waals surface area contributed by atoms with Crippen LogP contribution in [0.1, 0.15) is 39.5 Å². The lowest BCUT2D eigenvalue weighted by Gasteiger charge is -2.39. The van der Waals surface area contributed by atoms with Crippen molar-refractivity contribution < 1.29 is 5.11 Å². The molecule has 0 spiro atoms. The number of aliphatic hydroxyl groups is 1. The largest absolute Gasteiger partial charge is 0.393 e. The zero-order valence-corrected chi connectivity index (χ0v) is 12.0. The highest BCUT2D eigenvalue weighted by Crippen LogP contribution is 2.30. The van der Waals surface area contributed by atoms with Crippen molar-refractivity contribution in [1.29, 1.82) is 0 Å². The average molecular weight is 242 g/mol. The first-order chi connectivity index (χ1) is 8.05. The summed E-state index contributed by atoms with van der Waals surface area (Å²) in [7, 11) is 4.27. The fourth-order valence-corrected chi connectivity index (χ4v) is 3.08. The molecule has 3 heteroatoms. The van der Waals surface area contributed by atoms with Crippen molar-refractivity contribution >= 4 is 0 Å². The second-order valence-electron chi connectivity index (χ2n) is 5.93. The maximum absolute atomic E-state index is 9.31. The van der Waals surface area contributed by atoms with Crippen LogP contribution in [-0.2, 0) is 0 Å². The Bertz CT molecular complexity index is 210. The molecule has 1 saturated carbocycles. The van der Waals surface area contributed by atoms with Crippen LogP contribution in [0, 0.1) is 11.3 Å². The molecule has 1 fully saturated rings. The van der Waals surface area contributed by atoms with Gasteiger partial charge in [0.2, 0.25) is 0 Å². The van der Waals surface area contributed by atoms with E-state index in [1.807, 2.05) is 7.05 Å². The maximum Gasteiger partial charge on any atom is 0.0546 e. The van der Waals surface area contributed by atoms with E-state index in [0.29, 0.717) is 5.41 Å². The smallest absolute Gasteiger partial charge is 0.0546 e. The molecule has 1 aliphatic rings. The Kier molecular flexibility index (Phi) is 5.90. The van der Waals surface area contributed by atoms with Gasteiger partial charge in [-0.2, -0.15) is 0 Å². The van der Waals surface area contributed by atoms with Crippen molar-refractivity contribution in [3.63, 3.8) is 0 Å². The standard InChI is InChI=1S/C14H30N2O/c1-5-14(6-2,10-15-3)11-16(4)9-12-7-13(17)8-12/h12-13,15,17H,5-11H2,1-4H3. The van der Waals surface area contributed by atoms with E-state index in [4.69, 9.17) is 0 Å². The van der Waals surface area contributed by atoms with E-state index < -0.39 is 0 Å². The van der Waals surface area contributed by atoms with Gasteiger partial charge in [0.15, 0.2) is 0 Å². The third-order valence-electron chi connectivity index (χ3n) is 4.44. The molecule has 0 atom stereocenters. The molecule has 0 heterocycles. The topological polar surface area (TPSA) is 35.5 Å². The summed E-state index contributed by atoms with van der Waals surface area (Å²) in [6.07, 6.45) is 4.43. The van der Waals surface area contributed by atoms with Gasteiger partial charge in [-0.3, -0.25) is 0 Å². The van der Waals surface area contributed by atoms with Crippen molar-refractivity contribution in [3.05, 3.63) is 0 Å². The molecule has 0 unspecified atom stereocenters. The number of hydrogen-bond acceptors (Lipinski definition) is 3. The second kappa shape index (κ2) is 6.72. The molecule has 0 amide bonds. The van der Waals surface area contributed by atoms with Gasteiger partial charge in [0.05, 0.1) is 6.10 Å². The summed E-state index contributed by atoms with van der Waals surface area (Å²) in [5, 5.41) is 12.6. The van der Waals surface area contributed by atoms with Crippen LogP contribution >= 0.6 is 0 Å². The Morgan fingerprint density at radius 2 is 1.88 bits per heavy atom. The normalized spacial score (nSPS) is 25.1. The summed E-state index contributed by atoms with van der Waals surface area (Å²) in [5.74, 6) is 0.719. The number of rotatable bonds is 8. The summed E-state index contributed by atoms with van der Waals surface area (Å²) in [5.41, 5.74) is 0.409. The highest BCUT2D eigenvalue weighted by Gasteiger charge is 2.31. The highest BCUT2D eigenvalue weighted by atomic mass is 16.3. The summed E-state index contributed by atoms with van der Waals surface area (Å²) in [6, 6.07) is 0. The maximum atomic E-state index is 9.31. The van der Waals surface area contributed by atoms with Crippen molar-refractivity contribution in [1.82, 2.24) is 10.2 Å². The molecule has 0 bridgehead atoms. The van der Waals surface area contributed by atoms with Gasteiger partial charge in [0.25, 0.3) is 0 Å². The molecule has 0 aromatic heterocycles. The van der Waals surface area contributed by atoms with E-state index >= 15 is 0 Å². The molecule has 0 saturated heterocycles. The molecule has 1 aliphatic carbocycles. The Morgan fingerprint density at radius 1 is 1.29 bits per heavy atom. The van der Waals surface area contributed by atoms with Crippen LogP contribution in [0.15, 0.2) is 0 Å². The minimum Gasteiger partial charge on any atom is -0.393 e. The van der Waals surface area contributed by atoms with Crippen LogP contribution in [0.25, 0.3) is 0 Å². The Labute approximate surface area is 107 Å². The van der Waals surface area contributed by atoms with Gasteiger partial charge in [0, 0.05) is 19.6 Å². The minimum atomic E-state index is -0.0205. The Balaban J connectivity index is 2.37. The molecule has 0 aliphatic heterocycles. The quantitative estimate of drug-likeness (QED) is 0.680. The molecule has 0 aromatic rings. The van der Waals surface area contributed by atoms with E-state index in [-0.39, 0.29) is 6.10 Å². The lowest BCUT2D eigenvalue weighted by molar-refractivity contribution is 0.0209. The molecule has 102 valence electrons. The van der Waals surface area contributed by atoms with Crippen LogP contribution in [0.2, 0.25) is 0 Å². The monoisotopic (exact) mass is 242 g/mol. The minimum absolute atomic E-state index is 0.0205. The van der Waals surface area contributed by atoms with Crippen LogP contribution in [0.4, 0.5) is 0 Å². The van der Waals surface area contributed by atoms with Crippen LogP contribution < -0.4 is 5.32 Å². The zero-order chi connectivity index (χ0) is 12.9. The van der Waals surface area contributed by atoms with E-state index in [1.54, 1.807) is 0 Å². The van der Waals surface area contributed by atoms with E-state index in [0.717, 1.165) is 38.4 Å². The van der Waals surface area contributed by atoms with Gasteiger partial charge < -0.3 is 15.3 Å². The first kappa shape index (κ1) is 14.9. The van der Waals surface area contributed by atoms with Crippen LogP contribution in [0.5, 0.6) is 0 Å². The SMILES string of the molecule is CCC(CC)(CNC)CN(C)CC1CC(O)C1. The van der Waals surface area contributed by atoms with Gasteiger partial charge in [0.1, 0.15) is 0 Å². The highest BCUT2D eigenvalue weighted by molar-refractivity contribution is 4.85. The molecular formula is C14H30N2O. The van der Waals surface area contributed by atoms with Gasteiger partial charge in [-0.05, 0) is 51.1 Å². The van der Waals surface area contributed by atoms with E-state index in [1.165, 1.54) is 12.8 Å². The predicted molar refractivity (Wildman–Crippen MR) is 73.2 cm³/mol. The van der Waals surface area contributed by atoms with E-state index in [2.05, 4.69) is 31.1 Å². The zero-order valence-electron chi connectivity index (χ0n) is 12.0. The summed E-state index contributed by atoms with van der Waals surface area (Å²) >= 11 is 0. The summed E-state index contributed by atoms with van der Waals surface area (Å²) in [6.45, 7) is 7.98. The van der Waals surface area contributed by atoms with Gasteiger partial charge >= 0.3 is 0 Å². The lowest BCUT2D eigenvalue weighted by Crippen LogP contribution is -2.45. The van der Waals surface area contributed by atoms with Crippen molar-refractivity contribution in [2.24, 2.45) is 11.3 Å². The third-order valence-corrected chi connectivity index (χ3v) is 4.44. The van der Waals surface area contributed by atoms with Crippen molar-refractivity contribution in [3.8, 4) is 0 Å². The first-order valence-corrected chi connectivity index (χ1v) is 7.06. The molecule has 17 heavy (non-hydrogen) atoms. The second-order valence-corrected chi connectivity index (χ2v) is 5.93. The summed E-state index contributed by atoms with van der Waals surface area (Å²) < 4.78 is 0. The lowest BCUT2D eigenvalue weighted by atomic mass is 9.79. The first-order valence-electron chi connectivity index (χ1n) is 7.06. The number of hydrogen-bond donors (Lipinski definition) is 2. The number of nitrogens with one attached hydrogen (secondary N) is 1. The van der Waals surface area contributed by atoms with Gasteiger partial charge in [-0.15, -0.1) is 0 Å². The average Bonchev–Trinajstić information content (AvgIpc) is 2.26. The molecule has 1 rings (SSSR count). The molecule has 3 nitrogen and oxygen atoms in total. The number of nitrogens with zero attached hydrogens (tertiary/aromatic N) is 1. The molecule has 2 N–H and O–H groups in total. The Morgan fingerprint density at radius 3 is 2.29 bits per heavy atom. The fourth-order valence-electron chi connectivity index (χ4n) is 3.08. The fraction of sp³-hybridized carbons (Fsp3) is 1.00. The number of aliphatic hydroxyl groups excluding tert-OH is 1. The van der Waals surface area contributed by atoms with Gasteiger partial charge in [-0.1, -0.05) is 13.8 Å². The third kappa shape index (κ3) is 4.23. The predicted octanol–water partition coefficient (Wildman–Crippen LogP) is 1.71. The van der Waals surface area contributed by atoms with Gasteiger partial charge in [-0.25, -0.2) is 0 Å². The van der Waals surface area contributed by atoms with Crippen LogP contribution in [0.3, 0.4) is 0 Å².